The van der Waals surface area contributed by atoms with Gasteiger partial charge in [0.2, 0.25) is 0 Å². The van der Waals surface area contributed by atoms with Crippen molar-refractivity contribution in [3.63, 3.8) is 0 Å². The van der Waals surface area contributed by atoms with Crippen LogP contribution in [0.2, 0.25) is 0 Å². The molecule has 68 valence electrons. The van der Waals surface area contributed by atoms with E-state index >= 15 is 0 Å². The van der Waals surface area contributed by atoms with Gasteiger partial charge in [0.15, 0.2) is 0 Å². The second-order valence-electron chi connectivity index (χ2n) is 3.88. The Bertz CT molecular complexity index is 527. The molecule has 0 spiro atoms. The quantitative estimate of drug-likeness (QED) is 0.723. The number of hydrogen-bond acceptors (Lipinski definition) is 1. The lowest BCUT2D eigenvalue weighted by Crippen LogP contribution is -1.78. The van der Waals surface area contributed by atoms with Crippen LogP contribution in [0.15, 0.2) is 24.3 Å². The van der Waals surface area contributed by atoms with E-state index in [-0.39, 0.29) is 0 Å². The first-order valence-corrected chi connectivity index (χ1v) is 4.90. The lowest BCUT2D eigenvalue weighted by atomic mass is 10.1. The first-order valence-electron chi connectivity index (χ1n) is 4.90. The molecule has 0 bridgehead atoms. The second kappa shape index (κ2) is 2.62. The van der Waals surface area contributed by atoms with Crippen molar-refractivity contribution in [2.24, 2.45) is 0 Å². The SMILES string of the molecule is N#Cc1cccc2cc(C3CC3)[nH]c12. The predicted molar refractivity (Wildman–Crippen MR) is 55.0 cm³/mol. The van der Waals surface area contributed by atoms with Gasteiger partial charge in [-0.25, -0.2) is 0 Å². The van der Waals surface area contributed by atoms with Gasteiger partial charge < -0.3 is 4.98 Å². The molecule has 0 atom stereocenters. The summed E-state index contributed by atoms with van der Waals surface area (Å²) in [5.74, 6) is 0.717. The normalized spacial score (nSPS) is 15.6. The van der Waals surface area contributed by atoms with Gasteiger partial charge in [0.25, 0.3) is 0 Å². The van der Waals surface area contributed by atoms with Gasteiger partial charge in [0, 0.05) is 11.1 Å². The molecule has 1 fully saturated rings. The molecule has 0 aliphatic heterocycles. The summed E-state index contributed by atoms with van der Waals surface area (Å²) in [6, 6.07) is 10.2. The highest BCUT2D eigenvalue weighted by atomic mass is 14.7. The number of fused-ring (bicyclic) bond motifs is 1. The molecule has 1 N–H and O–H groups in total. The first kappa shape index (κ1) is 7.64. The zero-order chi connectivity index (χ0) is 9.54. The van der Waals surface area contributed by atoms with Crippen LogP contribution in [-0.4, -0.2) is 4.98 Å². The zero-order valence-corrected chi connectivity index (χ0v) is 7.75. The number of aromatic nitrogens is 1. The molecule has 1 aliphatic rings. The number of benzene rings is 1. The number of H-pyrrole nitrogens is 1. The minimum atomic E-state index is 0.717. The molecule has 1 aromatic carbocycles. The maximum atomic E-state index is 8.93. The molecular formula is C12H10N2. The van der Waals surface area contributed by atoms with E-state index in [9.17, 15) is 0 Å². The smallest absolute Gasteiger partial charge is 0.101 e. The first-order chi connectivity index (χ1) is 6.88. The Morgan fingerprint density at radius 3 is 2.93 bits per heavy atom. The van der Waals surface area contributed by atoms with Crippen LogP contribution in [0.25, 0.3) is 10.9 Å². The van der Waals surface area contributed by atoms with E-state index in [1.54, 1.807) is 0 Å². The van der Waals surface area contributed by atoms with Crippen LogP contribution < -0.4 is 0 Å². The van der Waals surface area contributed by atoms with Crippen LogP contribution in [0.1, 0.15) is 30.0 Å². The van der Waals surface area contributed by atoms with Crippen molar-refractivity contribution in [1.29, 1.82) is 5.26 Å². The van der Waals surface area contributed by atoms with Crippen molar-refractivity contribution in [1.82, 2.24) is 4.98 Å². The fraction of sp³-hybridized carbons (Fsp3) is 0.250. The van der Waals surface area contributed by atoms with Crippen LogP contribution in [0, 0.1) is 11.3 Å². The molecular weight excluding hydrogens is 172 g/mol. The molecule has 3 rings (SSSR count). The molecule has 1 saturated carbocycles. The number of para-hydroxylation sites is 1. The Morgan fingerprint density at radius 1 is 1.36 bits per heavy atom. The van der Waals surface area contributed by atoms with Crippen LogP contribution >= 0.6 is 0 Å². The van der Waals surface area contributed by atoms with Gasteiger partial charge in [0.05, 0.1) is 11.1 Å². The van der Waals surface area contributed by atoms with E-state index in [2.05, 4.69) is 23.2 Å². The molecule has 0 saturated heterocycles. The fourth-order valence-corrected chi connectivity index (χ4v) is 1.89. The summed E-state index contributed by atoms with van der Waals surface area (Å²) in [5.41, 5.74) is 3.04. The number of nitriles is 1. The van der Waals surface area contributed by atoms with E-state index in [1.165, 1.54) is 18.5 Å². The molecule has 2 nitrogen and oxygen atoms in total. The van der Waals surface area contributed by atoms with Gasteiger partial charge in [-0.15, -0.1) is 0 Å². The Morgan fingerprint density at radius 2 is 2.21 bits per heavy atom. The minimum Gasteiger partial charge on any atom is -0.357 e. The summed E-state index contributed by atoms with van der Waals surface area (Å²) >= 11 is 0. The van der Waals surface area contributed by atoms with E-state index in [0.717, 1.165) is 16.5 Å². The Balaban J connectivity index is 2.27. The van der Waals surface area contributed by atoms with Gasteiger partial charge in [0.1, 0.15) is 6.07 Å². The molecule has 1 heterocycles. The van der Waals surface area contributed by atoms with E-state index in [4.69, 9.17) is 5.26 Å². The number of nitrogens with one attached hydrogen (secondary N) is 1. The summed E-state index contributed by atoms with van der Waals surface area (Å²) in [5, 5.41) is 10.1. The third kappa shape index (κ3) is 1.03. The number of aromatic amines is 1. The van der Waals surface area contributed by atoms with E-state index in [0.29, 0.717) is 5.92 Å². The molecule has 0 unspecified atom stereocenters. The molecule has 14 heavy (non-hydrogen) atoms. The van der Waals surface area contributed by atoms with Crippen molar-refractivity contribution in [2.45, 2.75) is 18.8 Å². The second-order valence-corrected chi connectivity index (χ2v) is 3.88. The Kier molecular flexibility index (Phi) is 1.43. The summed E-state index contributed by atoms with van der Waals surface area (Å²) < 4.78 is 0. The van der Waals surface area contributed by atoms with E-state index in [1.807, 2.05) is 12.1 Å². The average Bonchev–Trinajstić information content (AvgIpc) is 2.97. The van der Waals surface area contributed by atoms with Gasteiger partial charge in [-0.05, 0) is 30.9 Å². The molecule has 2 aromatic rings. The topological polar surface area (TPSA) is 39.6 Å². The van der Waals surface area contributed by atoms with Crippen molar-refractivity contribution in [3.8, 4) is 6.07 Å². The lowest BCUT2D eigenvalue weighted by Gasteiger charge is -1.91. The fourth-order valence-electron chi connectivity index (χ4n) is 1.89. The van der Waals surface area contributed by atoms with E-state index < -0.39 is 0 Å². The Hall–Kier alpha value is -1.75. The van der Waals surface area contributed by atoms with Crippen molar-refractivity contribution in [3.05, 3.63) is 35.5 Å². The standard InChI is InChI=1S/C12H10N2/c13-7-10-3-1-2-9-6-11(8-4-5-8)14-12(9)10/h1-3,6,8,14H,4-5H2. The highest BCUT2D eigenvalue weighted by Crippen LogP contribution is 2.40. The average molecular weight is 182 g/mol. The summed E-state index contributed by atoms with van der Waals surface area (Å²) in [6.45, 7) is 0. The van der Waals surface area contributed by atoms with Crippen molar-refractivity contribution in [2.75, 3.05) is 0 Å². The van der Waals surface area contributed by atoms with Gasteiger partial charge >= 0.3 is 0 Å². The maximum absolute atomic E-state index is 8.93. The molecule has 0 radical (unpaired) electrons. The third-order valence-corrected chi connectivity index (χ3v) is 2.81. The molecule has 1 aliphatic carbocycles. The summed E-state index contributed by atoms with van der Waals surface area (Å²) in [7, 11) is 0. The third-order valence-electron chi connectivity index (χ3n) is 2.81. The molecule has 0 amide bonds. The van der Waals surface area contributed by atoms with Gasteiger partial charge in [-0.1, -0.05) is 12.1 Å². The summed E-state index contributed by atoms with van der Waals surface area (Å²) in [4.78, 5) is 3.35. The molecule has 1 aromatic heterocycles. The highest BCUT2D eigenvalue weighted by molar-refractivity contribution is 5.85. The number of rotatable bonds is 1. The number of hydrogen-bond donors (Lipinski definition) is 1. The Labute approximate surface area is 82.2 Å². The van der Waals surface area contributed by atoms with Crippen LogP contribution in [0.3, 0.4) is 0 Å². The minimum absolute atomic E-state index is 0.717. The number of nitrogens with zero attached hydrogens (tertiary/aromatic N) is 1. The lowest BCUT2D eigenvalue weighted by molar-refractivity contribution is 1.06. The van der Waals surface area contributed by atoms with Crippen LogP contribution in [0.4, 0.5) is 0 Å². The summed E-state index contributed by atoms with van der Waals surface area (Å²) in [6.07, 6.45) is 2.57. The van der Waals surface area contributed by atoms with Crippen LogP contribution in [-0.2, 0) is 0 Å². The highest BCUT2D eigenvalue weighted by Gasteiger charge is 2.25. The predicted octanol–water partition coefficient (Wildman–Crippen LogP) is 2.92. The monoisotopic (exact) mass is 182 g/mol. The molecule has 2 heteroatoms. The van der Waals surface area contributed by atoms with Crippen molar-refractivity contribution >= 4 is 10.9 Å². The largest absolute Gasteiger partial charge is 0.357 e. The van der Waals surface area contributed by atoms with Crippen molar-refractivity contribution < 1.29 is 0 Å². The zero-order valence-electron chi connectivity index (χ0n) is 7.75. The van der Waals surface area contributed by atoms with Gasteiger partial charge in [-0.2, -0.15) is 5.26 Å². The maximum Gasteiger partial charge on any atom is 0.101 e. The van der Waals surface area contributed by atoms with Gasteiger partial charge in [-0.3, -0.25) is 0 Å². The van der Waals surface area contributed by atoms with Crippen LogP contribution in [0.5, 0.6) is 0 Å².